The molecule has 0 spiro atoms. The van der Waals surface area contributed by atoms with Crippen LogP contribution < -0.4 is 4.90 Å². The molecule has 0 bridgehead atoms. The van der Waals surface area contributed by atoms with Gasteiger partial charge in [-0.25, -0.2) is 0 Å². The SMILES string of the molecule is CCOC(=O)[C@H]1CCC[NH+](Cc2ccc([N+](=O)[O-])o2)C1. The van der Waals surface area contributed by atoms with Gasteiger partial charge in [-0.15, -0.1) is 0 Å². The van der Waals surface area contributed by atoms with E-state index in [1.165, 1.54) is 11.0 Å². The van der Waals surface area contributed by atoms with E-state index < -0.39 is 4.92 Å². The van der Waals surface area contributed by atoms with Crippen LogP contribution in [0.5, 0.6) is 0 Å². The van der Waals surface area contributed by atoms with Crippen LogP contribution in [0.3, 0.4) is 0 Å². The zero-order valence-corrected chi connectivity index (χ0v) is 11.5. The predicted molar refractivity (Wildman–Crippen MR) is 69.1 cm³/mol. The lowest BCUT2D eigenvalue weighted by atomic mass is 9.98. The van der Waals surface area contributed by atoms with Gasteiger partial charge in [0.1, 0.15) is 17.4 Å². The number of quaternary nitrogens is 1. The largest absolute Gasteiger partial charge is 0.466 e. The van der Waals surface area contributed by atoms with Gasteiger partial charge in [-0.3, -0.25) is 14.9 Å². The minimum Gasteiger partial charge on any atom is -0.466 e. The van der Waals surface area contributed by atoms with E-state index in [1.807, 2.05) is 0 Å². The predicted octanol–water partition coefficient (Wildman–Crippen LogP) is 0.546. The van der Waals surface area contributed by atoms with Crippen molar-refractivity contribution in [2.45, 2.75) is 26.3 Å². The van der Waals surface area contributed by atoms with Crippen molar-refractivity contribution in [2.24, 2.45) is 5.92 Å². The Balaban J connectivity index is 1.92. The van der Waals surface area contributed by atoms with Crippen molar-refractivity contribution < 1.29 is 23.8 Å². The van der Waals surface area contributed by atoms with Crippen molar-refractivity contribution in [3.63, 3.8) is 0 Å². The van der Waals surface area contributed by atoms with Crippen LogP contribution in [-0.4, -0.2) is 30.6 Å². The molecule has 2 heterocycles. The first-order chi connectivity index (χ1) is 9.60. The summed E-state index contributed by atoms with van der Waals surface area (Å²) in [5.74, 6) is 0.119. The summed E-state index contributed by atoms with van der Waals surface area (Å²) in [5.41, 5.74) is 0. The van der Waals surface area contributed by atoms with Crippen molar-refractivity contribution in [3.05, 3.63) is 28.0 Å². The lowest BCUT2D eigenvalue weighted by Gasteiger charge is -2.27. The summed E-state index contributed by atoms with van der Waals surface area (Å²) in [4.78, 5) is 23.0. The van der Waals surface area contributed by atoms with Gasteiger partial charge in [0.05, 0.1) is 25.8 Å². The molecule has 1 aliphatic heterocycles. The molecular weight excluding hydrogens is 264 g/mol. The number of nitrogens with one attached hydrogen (secondary N) is 1. The number of hydrogen-bond donors (Lipinski definition) is 1. The summed E-state index contributed by atoms with van der Waals surface area (Å²) >= 11 is 0. The van der Waals surface area contributed by atoms with Crippen LogP contribution >= 0.6 is 0 Å². The number of carbonyl (C=O) groups excluding carboxylic acids is 1. The fourth-order valence-electron chi connectivity index (χ4n) is 2.58. The second kappa shape index (κ2) is 6.51. The average Bonchev–Trinajstić information content (AvgIpc) is 2.88. The number of piperidine rings is 1. The number of carbonyl (C=O) groups is 1. The number of nitro groups is 1. The van der Waals surface area contributed by atoms with Crippen molar-refractivity contribution in [2.75, 3.05) is 19.7 Å². The summed E-state index contributed by atoms with van der Waals surface area (Å²) in [6, 6.07) is 2.99. The lowest BCUT2D eigenvalue weighted by Crippen LogP contribution is -3.12. The van der Waals surface area contributed by atoms with E-state index in [0.717, 1.165) is 19.4 Å². The average molecular weight is 283 g/mol. The fourth-order valence-corrected chi connectivity index (χ4v) is 2.58. The number of nitrogens with zero attached hydrogens (tertiary/aromatic N) is 1. The molecule has 0 radical (unpaired) electrons. The van der Waals surface area contributed by atoms with Crippen LogP contribution in [0.2, 0.25) is 0 Å². The summed E-state index contributed by atoms with van der Waals surface area (Å²) < 4.78 is 10.2. The van der Waals surface area contributed by atoms with Crippen LogP contribution in [0.4, 0.5) is 5.88 Å². The third-order valence-corrected chi connectivity index (χ3v) is 3.49. The monoisotopic (exact) mass is 283 g/mol. The van der Waals surface area contributed by atoms with Crippen LogP contribution in [0.15, 0.2) is 16.5 Å². The Morgan fingerprint density at radius 1 is 1.60 bits per heavy atom. The first-order valence-corrected chi connectivity index (χ1v) is 6.83. The summed E-state index contributed by atoms with van der Waals surface area (Å²) in [6.45, 7) is 4.38. The highest BCUT2D eigenvalue weighted by molar-refractivity contribution is 5.72. The van der Waals surface area contributed by atoms with Crippen molar-refractivity contribution >= 4 is 11.9 Å². The third-order valence-electron chi connectivity index (χ3n) is 3.49. The van der Waals surface area contributed by atoms with Crippen molar-refractivity contribution in [3.8, 4) is 0 Å². The molecule has 0 saturated carbocycles. The molecular formula is C13H19N2O5+. The molecule has 1 fully saturated rings. The molecule has 7 heteroatoms. The maximum absolute atomic E-state index is 11.7. The zero-order valence-electron chi connectivity index (χ0n) is 11.5. The van der Waals surface area contributed by atoms with Gasteiger partial charge in [0.15, 0.2) is 5.76 Å². The maximum Gasteiger partial charge on any atom is 0.433 e. The number of likely N-dealkylation sites (tertiary alicyclic amines) is 1. The van der Waals surface area contributed by atoms with Crippen LogP contribution in [-0.2, 0) is 16.1 Å². The molecule has 1 saturated heterocycles. The smallest absolute Gasteiger partial charge is 0.433 e. The number of esters is 1. The van der Waals surface area contributed by atoms with Crippen molar-refractivity contribution in [1.82, 2.24) is 0 Å². The lowest BCUT2D eigenvalue weighted by molar-refractivity contribution is -0.922. The van der Waals surface area contributed by atoms with E-state index in [9.17, 15) is 14.9 Å². The quantitative estimate of drug-likeness (QED) is 0.484. The minimum atomic E-state index is -0.545. The van der Waals surface area contributed by atoms with Gasteiger partial charge in [-0.1, -0.05) is 0 Å². The topological polar surface area (TPSA) is 87.0 Å². The minimum absolute atomic E-state index is 0.0800. The molecule has 0 aliphatic carbocycles. The van der Waals surface area contributed by atoms with Gasteiger partial charge in [0.2, 0.25) is 0 Å². The van der Waals surface area contributed by atoms with E-state index in [-0.39, 0.29) is 17.8 Å². The Kier molecular flexibility index (Phi) is 4.73. The Labute approximate surface area is 116 Å². The zero-order chi connectivity index (χ0) is 14.5. The normalized spacial score (nSPS) is 22.4. The molecule has 1 aromatic heterocycles. The molecule has 1 aliphatic rings. The van der Waals surface area contributed by atoms with Crippen LogP contribution in [0, 0.1) is 16.0 Å². The van der Waals surface area contributed by atoms with E-state index in [1.54, 1.807) is 13.0 Å². The Bertz CT molecular complexity index is 485. The van der Waals surface area contributed by atoms with Gasteiger partial charge in [-0.05, 0) is 25.8 Å². The van der Waals surface area contributed by atoms with E-state index >= 15 is 0 Å². The van der Waals surface area contributed by atoms with Gasteiger partial charge in [-0.2, -0.15) is 0 Å². The molecule has 1 unspecified atom stereocenters. The number of furan rings is 1. The van der Waals surface area contributed by atoms with Gasteiger partial charge >= 0.3 is 11.9 Å². The van der Waals surface area contributed by atoms with Gasteiger partial charge < -0.3 is 14.1 Å². The van der Waals surface area contributed by atoms with E-state index in [2.05, 4.69) is 0 Å². The highest BCUT2D eigenvalue weighted by atomic mass is 16.6. The Morgan fingerprint density at radius 3 is 3.05 bits per heavy atom. The summed E-state index contributed by atoms with van der Waals surface area (Å²) in [5, 5.41) is 10.6. The molecule has 0 aromatic carbocycles. The highest BCUT2D eigenvalue weighted by Crippen LogP contribution is 2.15. The molecule has 20 heavy (non-hydrogen) atoms. The highest BCUT2D eigenvalue weighted by Gasteiger charge is 2.30. The maximum atomic E-state index is 11.7. The third kappa shape index (κ3) is 3.57. The van der Waals surface area contributed by atoms with Gasteiger partial charge in [0.25, 0.3) is 0 Å². The van der Waals surface area contributed by atoms with Crippen LogP contribution in [0.25, 0.3) is 0 Å². The van der Waals surface area contributed by atoms with Crippen molar-refractivity contribution in [1.29, 1.82) is 0 Å². The van der Waals surface area contributed by atoms with Crippen LogP contribution in [0.1, 0.15) is 25.5 Å². The van der Waals surface area contributed by atoms with E-state index in [0.29, 0.717) is 25.5 Å². The fraction of sp³-hybridized carbons (Fsp3) is 0.615. The second-order valence-electron chi connectivity index (χ2n) is 4.97. The standard InChI is InChI=1S/C13H18N2O5/c1-2-19-13(16)10-4-3-7-14(8-10)9-11-5-6-12(20-11)15(17)18/h5-6,10H,2-4,7-9H2,1H3/p+1/t10-/m0/s1. The Hall–Kier alpha value is -1.89. The molecule has 7 nitrogen and oxygen atoms in total. The number of hydrogen-bond acceptors (Lipinski definition) is 5. The Morgan fingerprint density at radius 2 is 2.40 bits per heavy atom. The summed E-state index contributed by atoms with van der Waals surface area (Å²) in [7, 11) is 0. The van der Waals surface area contributed by atoms with E-state index in [4.69, 9.17) is 9.15 Å². The molecule has 1 aromatic rings. The number of ether oxygens (including phenoxy) is 1. The molecule has 2 rings (SSSR count). The molecule has 2 atom stereocenters. The van der Waals surface area contributed by atoms with Gasteiger partial charge in [0, 0.05) is 0 Å². The second-order valence-corrected chi connectivity index (χ2v) is 4.97. The molecule has 1 N–H and O–H groups in total. The number of rotatable bonds is 5. The first kappa shape index (κ1) is 14.5. The summed E-state index contributed by atoms with van der Waals surface area (Å²) in [6.07, 6.45) is 1.79. The molecule has 110 valence electrons. The molecule has 0 amide bonds. The first-order valence-electron chi connectivity index (χ1n) is 6.83.